The Balaban J connectivity index is 2.09. The summed E-state index contributed by atoms with van der Waals surface area (Å²) in [6.07, 6.45) is -2.19. The standard InChI is InChI=1S/C21H24N2O7/c1-13(24)18(20(27)28)23-19(26)17(11-14-7-9-16(25)10-8-14)22-21(29)30-12-15-5-3-2-4-6-15/h2-10,13,17-18,24-25H,11-12H2,1H3,(H,22,29)(H,23,26)(H,27,28)/t13?,17?,18-/m1/s1. The predicted octanol–water partition coefficient (Wildman–Crippen LogP) is 1.18. The zero-order valence-corrected chi connectivity index (χ0v) is 16.3. The third kappa shape index (κ3) is 7.10. The van der Waals surface area contributed by atoms with Crippen molar-refractivity contribution in [2.24, 2.45) is 0 Å². The highest BCUT2D eigenvalue weighted by molar-refractivity contribution is 5.89. The van der Waals surface area contributed by atoms with Crippen LogP contribution < -0.4 is 10.6 Å². The van der Waals surface area contributed by atoms with Crippen LogP contribution in [0.3, 0.4) is 0 Å². The normalized spacial score (nSPS) is 13.5. The second-order valence-electron chi connectivity index (χ2n) is 6.69. The Morgan fingerprint density at radius 1 is 0.967 bits per heavy atom. The number of nitrogens with one attached hydrogen (secondary N) is 2. The van der Waals surface area contributed by atoms with E-state index in [1.807, 2.05) is 6.07 Å². The summed E-state index contributed by atoms with van der Waals surface area (Å²) in [4.78, 5) is 36.1. The number of alkyl carbamates (subject to hydrolysis) is 1. The van der Waals surface area contributed by atoms with Gasteiger partial charge in [0.05, 0.1) is 6.10 Å². The van der Waals surface area contributed by atoms with Crippen LogP contribution in [-0.4, -0.2) is 51.5 Å². The number of aliphatic hydroxyl groups excluding tert-OH is 1. The van der Waals surface area contributed by atoms with Crippen LogP contribution in [0.4, 0.5) is 4.79 Å². The second-order valence-corrected chi connectivity index (χ2v) is 6.69. The first-order chi connectivity index (χ1) is 14.3. The maximum absolute atomic E-state index is 12.6. The summed E-state index contributed by atoms with van der Waals surface area (Å²) in [6.45, 7) is 1.22. The van der Waals surface area contributed by atoms with Crippen LogP contribution in [0, 0.1) is 0 Å². The van der Waals surface area contributed by atoms with Gasteiger partial charge in [-0.25, -0.2) is 9.59 Å². The molecule has 0 spiro atoms. The topological polar surface area (TPSA) is 145 Å². The molecular formula is C21H24N2O7. The molecule has 0 saturated carbocycles. The lowest BCUT2D eigenvalue weighted by molar-refractivity contribution is -0.145. The van der Waals surface area contributed by atoms with Crippen molar-refractivity contribution in [1.82, 2.24) is 10.6 Å². The van der Waals surface area contributed by atoms with Crippen molar-refractivity contribution in [3.8, 4) is 5.75 Å². The van der Waals surface area contributed by atoms with E-state index in [1.54, 1.807) is 36.4 Å². The van der Waals surface area contributed by atoms with Crippen molar-refractivity contribution >= 4 is 18.0 Å². The Morgan fingerprint density at radius 3 is 2.17 bits per heavy atom. The fourth-order valence-corrected chi connectivity index (χ4v) is 2.63. The highest BCUT2D eigenvalue weighted by Gasteiger charge is 2.30. The van der Waals surface area contributed by atoms with Gasteiger partial charge in [0.25, 0.3) is 0 Å². The van der Waals surface area contributed by atoms with Gasteiger partial charge in [0.15, 0.2) is 6.04 Å². The number of carbonyl (C=O) groups is 3. The van der Waals surface area contributed by atoms with E-state index in [9.17, 15) is 29.7 Å². The van der Waals surface area contributed by atoms with Crippen molar-refractivity contribution in [2.75, 3.05) is 0 Å². The number of hydrogen-bond donors (Lipinski definition) is 5. The number of aromatic hydroxyl groups is 1. The summed E-state index contributed by atoms with van der Waals surface area (Å²) in [7, 11) is 0. The zero-order chi connectivity index (χ0) is 22.1. The molecule has 160 valence electrons. The SMILES string of the molecule is CC(O)[C@@H](NC(=O)C(Cc1ccc(O)cc1)NC(=O)OCc1ccccc1)C(=O)O. The largest absolute Gasteiger partial charge is 0.508 e. The Hall–Kier alpha value is -3.59. The molecule has 0 aliphatic rings. The lowest BCUT2D eigenvalue weighted by Crippen LogP contribution is -2.55. The van der Waals surface area contributed by atoms with Gasteiger partial charge < -0.3 is 30.7 Å². The van der Waals surface area contributed by atoms with Gasteiger partial charge in [-0.3, -0.25) is 4.79 Å². The smallest absolute Gasteiger partial charge is 0.408 e. The van der Waals surface area contributed by atoms with Gasteiger partial charge in [0.2, 0.25) is 5.91 Å². The molecule has 0 fully saturated rings. The predicted molar refractivity (Wildman–Crippen MR) is 107 cm³/mol. The molecule has 3 atom stereocenters. The summed E-state index contributed by atoms with van der Waals surface area (Å²) in [6, 6.07) is 12.2. The molecule has 2 aromatic carbocycles. The number of amides is 2. The number of phenolic OH excluding ortho intramolecular Hbond substituents is 1. The van der Waals surface area contributed by atoms with E-state index >= 15 is 0 Å². The molecule has 0 aromatic heterocycles. The summed E-state index contributed by atoms with van der Waals surface area (Å²) in [5.41, 5.74) is 1.37. The summed E-state index contributed by atoms with van der Waals surface area (Å²) >= 11 is 0. The van der Waals surface area contributed by atoms with Gasteiger partial charge in [-0.2, -0.15) is 0 Å². The van der Waals surface area contributed by atoms with Gasteiger partial charge >= 0.3 is 12.1 Å². The van der Waals surface area contributed by atoms with E-state index in [-0.39, 0.29) is 18.8 Å². The van der Waals surface area contributed by atoms with Crippen molar-refractivity contribution in [3.05, 3.63) is 65.7 Å². The minimum Gasteiger partial charge on any atom is -0.508 e. The lowest BCUT2D eigenvalue weighted by Gasteiger charge is -2.22. The molecule has 0 bridgehead atoms. The molecule has 5 N–H and O–H groups in total. The summed E-state index contributed by atoms with van der Waals surface area (Å²) in [5.74, 6) is -2.17. The van der Waals surface area contributed by atoms with E-state index < -0.39 is 36.2 Å². The van der Waals surface area contributed by atoms with E-state index in [0.29, 0.717) is 5.56 Å². The summed E-state index contributed by atoms with van der Waals surface area (Å²) in [5, 5.41) is 32.8. The number of phenols is 1. The van der Waals surface area contributed by atoms with Crippen molar-refractivity contribution in [1.29, 1.82) is 0 Å². The molecule has 0 aliphatic carbocycles. The molecule has 9 nitrogen and oxygen atoms in total. The first-order valence-corrected chi connectivity index (χ1v) is 9.22. The number of hydrogen-bond acceptors (Lipinski definition) is 6. The van der Waals surface area contributed by atoms with Crippen LogP contribution in [-0.2, 0) is 27.4 Å². The number of rotatable bonds is 9. The van der Waals surface area contributed by atoms with Crippen LogP contribution in [0.1, 0.15) is 18.1 Å². The van der Waals surface area contributed by atoms with Gasteiger partial charge in [-0.1, -0.05) is 42.5 Å². The molecule has 9 heteroatoms. The minimum atomic E-state index is -1.54. The van der Waals surface area contributed by atoms with Crippen LogP contribution in [0.15, 0.2) is 54.6 Å². The maximum Gasteiger partial charge on any atom is 0.408 e. The van der Waals surface area contributed by atoms with Gasteiger partial charge in [0.1, 0.15) is 18.4 Å². The summed E-state index contributed by atoms with van der Waals surface area (Å²) < 4.78 is 5.13. The van der Waals surface area contributed by atoms with Crippen LogP contribution in [0.25, 0.3) is 0 Å². The molecule has 2 rings (SSSR count). The molecular weight excluding hydrogens is 392 g/mol. The van der Waals surface area contributed by atoms with Crippen LogP contribution in [0.5, 0.6) is 5.75 Å². The van der Waals surface area contributed by atoms with Gasteiger partial charge in [0, 0.05) is 6.42 Å². The Morgan fingerprint density at radius 2 is 1.60 bits per heavy atom. The average molecular weight is 416 g/mol. The minimum absolute atomic E-state index is 0.00829. The molecule has 0 saturated heterocycles. The Bertz CT molecular complexity index is 853. The van der Waals surface area contributed by atoms with Gasteiger partial charge in [-0.05, 0) is 30.2 Å². The fraction of sp³-hybridized carbons (Fsp3) is 0.286. The second kappa shape index (κ2) is 10.8. The van der Waals surface area contributed by atoms with Crippen molar-refractivity contribution < 1.29 is 34.4 Å². The van der Waals surface area contributed by atoms with Crippen LogP contribution >= 0.6 is 0 Å². The molecule has 0 heterocycles. The van der Waals surface area contributed by atoms with Crippen molar-refractivity contribution in [3.63, 3.8) is 0 Å². The zero-order valence-electron chi connectivity index (χ0n) is 16.3. The molecule has 2 unspecified atom stereocenters. The van der Waals surface area contributed by atoms with Crippen molar-refractivity contribution in [2.45, 2.75) is 38.1 Å². The average Bonchev–Trinajstić information content (AvgIpc) is 2.71. The quantitative estimate of drug-likeness (QED) is 0.413. The highest BCUT2D eigenvalue weighted by atomic mass is 16.5. The molecule has 30 heavy (non-hydrogen) atoms. The molecule has 0 radical (unpaired) electrons. The number of carbonyl (C=O) groups excluding carboxylic acids is 2. The van der Waals surface area contributed by atoms with Crippen LogP contribution in [0.2, 0.25) is 0 Å². The number of carboxylic acids is 1. The molecule has 2 aromatic rings. The number of ether oxygens (including phenoxy) is 1. The van der Waals surface area contributed by atoms with Gasteiger partial charge in [-0.15, -0.1) is 0 Å². The van der Waals surface area contributed by atoms with E-state index in [0.717, 1.165) is 5.56 Å². The maximum atomic E-state index is 12.6. The number of aliphatic carboxylic acids is 1. The third-order valence-electron chi connectivity index (χ3n) is 4.24. The fourth-order valence-electron chi connectivity index (χ4n) is 2.63. The number of aliphatic hydroxyl groups is 1. The lowest BCUT2D eigenvalue weighted by atomic mass is 10.0. The highest BCUT2D eigenvalue weighted by Crippen LogP contribution is 2.12. The number of carboxylic acid groups (broad SMARTS) is 1. The monoisotopic (exact) mass is 416 g/mol. The van der Waals surface area contributed by atoms with E-state index in [1.165, 1.54) is 19.1 Å². The van der Waals surface area contributed by atoms with E-state index in [2.05, 4.69) is 10.6 Å². The number of benzene rings is 2. The Labute approximate surface area is 173 Å². The first-order valence-electron chi connectivity index (χ1n) is 9.22. The Kier molecular flexibility index (Phi) is 8.18. The molecule has 0 aliphatic heterocycles. The van der Waals surface area contributed by atoms with E-state index in [4.69, 9.17) is 4.74 Å². The molecule has 2 amide bonds. The first kappa shape index (κ1) is 22.7. The third-order valence-corrected chi connectivity index (χ3v) is 4.24.